The minimum atomic E-state index is -0.0732. The van der Waals surface area contributed by atoms with Crippen molar-refractivity contribution >= 4 is 34.0 Å². The van der Waals surface area contributed by atoms with Gasteiger partial charge in [-0.25, -0.2) is 0 Å². The minimum absolute atomic E-state index is 0.0732. The van der Waals surface area contributed by atoms with Crippen LogP contribution in [0, 0.1) is 0 Å². The van der Waals surface area contributed by atoms with Gasteiger partial charge in [0.25, 0.3) is 5.56 Å². The second-order valence-electron chi connectivity index (χ2n) is 7.23. The number of hydrogen-bond acceptors (Lipinski definition) is 5. The van der Waals surface area contributed by atoms with Crippen molar-refractivity contribution in [2.24, 2.45) is 0 Å². The maximum Gasteiger partial charge on any atom is 0.262 e. The smallest absolute Gasteiger partial charge is 0.262 e. The van der Waals surface area contributed by atoms with Gasteiger partial charge in [-0.2, -0.15) is 0 Å². The Balaban J connectivity index is 1.54. The predicted molar refractivity (Wildman–Crippen MR) is 126 cm³/mol. The topological polar surface area (TPSA) is 73.5 Å². The van der Waals surface area contributed by atoms with Crippen LogP contribution in [-0.2, 0) is 13.1 Å². The molecule has 5 rings (SSSR count). The standard InChI is InChI=1S/C24H20ClN5O2/c1-2-29-23(31)18-10-6-7-11-20(18)30-22(27-28-24(29)30)15-26-19-14-16(25)12-13-21(19)32-17-8-4-3-5-9-17/h3-14,26H,2,15H2,1H3. The predicted octanol–water partition coefficient (Wildman–Crippen LogP) is 5.12. The van der Waals surface area contributed by atoms with E-state index in [0.29, 0.717) is 40.8 Å². The molecule has 0 aliphatic rings. The lowest BCUT2D eigenvalue weighted by Crippen LogP contribution is -2.23. The first kappa shape index (κ1) is 20.1. The van der Waals surface area contributed by atoms with Crippen molar-refractivity contribution in [1.82, 2.24) is 19.2 Å². The summed E-state index contributed by atoms with van der Waals surface area (Å²) in [5, 5.41) is 13.2. The molecule has 0 unspecified atom stereocenters. The maximum atomic E-state index is 12.9. The molecular weight excluding hydrogens is 426 g/mol. The molecule has 0 spiro atoms. The number of ether oxygens (including phenoxy) is 1. The lowest BCUT2D eigenvalue weighted by atomic mass is 10.2. The normalized spacial score (nSPS) is 11.2. The molecule has 0 saturated heterocycles. The highest BCUT2D eigenvalue weighted by atomic mass is 35.5. The second-order valence-corrected chi connectivity index (χ2v) is 7.66. The van der Waals surface area contributed by atoms with Crippen molar-refractivity contribution in [1.29, 1.82) is 0 Å². The molecule has 160 valence electrons. The zero-order valence-electron chi connectivity index (χ0n) is 17.3. The Kier molecular flexibility index (Phi) is 5.25. The van der Waals surface area contributed by atoms with Crippen LogP contribution in [0.5, 0.6) is 11.5 Å². The molecule has 2 heterocycles. The number of anilines is 1. The summed E-state index contributed by atoms with van der Waals surface area (Å²) in [6.07, 6.45) is 0. The van der Waals surface area contributed by atoms with Crippen LogP contribution in [0.4, 0.5) is 5.69 Å². The Morgan fingerprint density at radius 1 is 1.00 bits per heavy atom. The highest BCUT2D eigenvalue weighted by Crippen LogP contribution is 2.32. The first-order chi connectivity index (χ1) is 15.7. The number of aryl methyl sites for hydroxylation is 1. The molecule has 8 heteroatoms. The van der Waals surface area contributed by atoms with Crippen molar-refractivity contribution in [3.8, 4) is 11.5 Å². The molecule has 0 radical (unpaired) electrons. The number of rotatable bonds is 6. The molecule has 0 saturated carbocycles. The average molecular weight is 446 g/mol. The van der Waals surface area contributed by atoms with E-state index in [2.05, 4.69) is 15.5 Å². The number of benzene rings is 3. The average Bonchev–Trinajstić information content (AvgIpc) is 3.24. The molecule has 0 atom stereocenters. The van der Waals surface area contributed by atoms with Crippen LogP contribution in [0.2, 0.25) is 5.02 Å². The van der Waals surface area contributed by atoms with E-state index in [9.17, 15) is 4.79 Å². The number of aromatic nitrogens is 4. The summed E-state index contributed by atoms with van der Waals surface area (Å²) in [4.78, 5) is 12.9. The quantitative estimate of drug-likeness (QED) is 0.392. The van der Waals surface area contributed by atoms with Gasteiger partial charge in [-0.3, -0.25) is 13.8 Å². The van der Waals surface area contributed by atoms with Crippen LogP contribution >= 0.6 is 11.6 Å². The van der Waals surface area contributed by atoms with Crippen LogP contribution < -0.4 is 15.6 Å². The summed E-state index contributed by atoms with van der Waals surface area (Å²) in [6, 6.07) is 22.4. The van der Waals surface area contributed by atoms with Crippen molar-refractivity contribution in [3.63, 3.8) is 0 Å². The van der Waals surface area contributed by atoms with E-state index in [0.717, 1.165) is 17.0 Å². The fourth-order valence-electron chi connectivity index (χ4n) is 3.73. The van der Waals surface area contributed by atoms with Crippen molar-refractivity contribution in [2.75, 3.05) is 5.32 Å². The van der Waals surface area contributed by atoms with Gasteiger partial charge in [0.1, 0.15) is 5.75 Å². The van der Waals surface area contributed by atoms with Crippen LogP contribution in [0.25, 0.3) is 16.7 Å². The number of fused-ring (bicyclic) bond motifs is 3. The molecule has 2 aromatic heterocycles. The van der Waals surface area contributed by atoms with Crippen LogP contribution in [0.1, 0.15) is 12.7 Å². The lowest BCUT2D eigenvalue weighted by Gasteiger charge is -2.14. The lowest BCUT2D eigenvalue weighted by molar-refractivity contribution is 0.484. The molecule has 0 fully saturated rings. The zero-order valence-corrected chi connectivity index (χ0v) is 18.1. The highest BCUT2D eigenvalue weighted by Gasteiger charge is 2.16. The Morgan fingerprint density at radius 3 is 2.59 bits per heavy atom. The highest BCUT2D eigenvalue weighted by molar-refractivity contribution is 6.30. The van der Waals surface area contributed by atoms with E-state index in [1.165, 1.54) is 0 Å². The number of para-hydroxylation sites is 2. The van der Waals surface area contributed by atoms with Gasteiger partial charge in [-0.05, 0) is 49.4 Å². The Morgan fingerprint density at radius 2 is 1.78 bits per heavy atom. The Hall–Kier alpha value is -3.84. The fraction of sp³-hybridized carbons (Fsp3) is 0.125. The summed E-state index contributed by atoms with van der Waals surface area (Å²) < 4.78 is 9.57. The zero-order chi connectivity index (χ0) is 22.1. The molecule has 32 heavy (non-hydrogen) atoms. The monoisotopic (exact) mass is 445 g/mol. The van der Waals surface area contributed by atoms with Gasteiger partial charge in [0.15, 0.2) is 11.6 Å². The van der Waals surface area contributed by atoms with Crippen LogP contribution in [0.3, 0.4) is 0 Å². The fourth-order valence-corrected chi connectivity index (χ4v) is 3.91. The summed E-state index contributed by atoms with van der Waals surface area (Å²) in [7, 11) is 0. The number of hydrogen-bond donors (Lipinski definition) is 1. The SMILES string of the molecule is CCn1c(=O)c2ccccc2n2c(CNc3cc(Cl)ccc3Oc3ccccc3)nnc12. The molecule has 0 bridgehead atoms. The van der Waals surface area contributed by atoms with Gasteiger partial charge in [0.05, 0.1) is 23.1 Å². The van der Waals surface area contributed by atoms with Crippen LogP contribution in [0.15, 0.2) is 77.6 Å². The second kappa shape index (κ2) is 8.36. The van der Waals surface area contributed by atoms with Gasteiger partial charge >= 0.3 is 0 Å². The minimum Gasteiger partial charge on any atom is -0.455 e. The first-order valence-corrected chi connectivity index (χ1v) is 10.7. The number of nitrogens with one attached hydrogen (secondary N) is 1. The molecule has 5 aromatic rings. The van der Waals surface area contributed by atoms with Crippen molar-refractivity contribution < 1.29 is 4.74 Å². The van der Waals surface area contributed by atoms with Gasteiger partial charge in [-0.15, -0.1) is 10.2 Å². The number of nitrogens with zero attached hydrogens (tertiary/aromatic N) is 4. The molecule has 0 amide bonds. The third kappa shape index (κ3) is 3.56. The summed E-state index contributed by atoms with van der Waals surface area (Å²) in [5.74, 6) is 2.55. The largest absolute Gasteiger partial charge is 0.455 e. The molecule has 7 nitrogen and oxygen atoms in total. The van der Waals surface area contributed by atoms with E-state index < -0.39 is 0 Å². The van der Waals surface area contributed by atoms with Crippen LogP contribution in [-0.4, -0.2) is 19.2 Å². The Labute approximate surface area is 188 Å². The molecule has 1 N–H and O–H groups in total. The molecule has 3 aromatic carbocycles. The third-order valence-corrected chi connectivity index (χ3v) is 5.48. The summed E-state index contributed by atoms with van der Waals surface area (Å²) >= 11 is 6.24. The van der Waals surface area contributed by atoms with Gasteiger partial charge < -0.3 is 10.1 Å². The van der Waals surface area contributed by atoms with E-state index in [1.807, 2.05) is 78.1 Å². The van der Waals surface area contributed by atoms with E-state index in [-0.39, 0.29) is 5.56 Å². The summed E-state index contributed by atoms with van der Waals surface area (Å²) in [5.41, 5.74) is 1.42. The number of halogens is 1. The van der Waals surface area contributed by atoms with Crippen molar-refractivity contribution in [3.05, 3.63) is 94.0 Å². The molecular formula is C24H20ClN5O2. The van der Waals surface area contributed by atoms with Gasteiger partial charge in [-0.1, -0.05) is 41.9 Å². The van der Waals surface area contributed by atoms with E-state index in [1.54, 1.807) is 10.6 Å². The third-order valence-electron chi connectivity index (χ3n) is 5.24. The van der Waals surface area contributed by atoms with Gasteiger partial charge in [0.2, 0.25) is 5.78 Å². The summed E-state index contributed by atoms with van der Waals surface area (Å²) in [6.45, 7) is 2.78. The Bertz CT molecular complexity index is 1480. The molecule has 0 aliphatic carbocycles. The first-order valence-electron chi connectivity index (χ1n) is 10.3. The molecule has 0 aliphatic heterocycles. The van der Waals surface area contributed by atoms with E-state index >= 15 is 0 Å². The van der Waals surface area contributed by atoms with Crippen molar-refractivity contribution in [2.45, 2.75) is 20.0 Å². The van der Waals surface area contributed by atoms with E-state index in [4.69, 9.17) is 16.3 Å². The van der Waals surface area contributed by atoms with Gasteiger partial charge in [0, 0.05) is 11.6 Å². The maximum absolute atomic E-state index is 12.9.